The van der Waals surface area contributed by atoms with E-state index in [-0.39, 0.29) is 11.7 Å². The molecule has 2 aliphatic heterocycles. The first-order valence-electron chi connectivity index (χ1n) is 9.28. The first kappa shape index (κ1) is 17.5. The zero-order valence-corrected chi connectivity index (χ0v) is 15.8. The molecule has 2 saturated heterocycles. The van der Waals surface area contributed by atoms with Gasteiger partial charge in [0.25, 0.3) is 0 Å². The molecule has 2 N–H and O–H groups in total. The molecular formula is C20H24FN3OS. The van der Waals surface area contributed by atoms with Crippen LogP contribution < -0.4 is 5.73 Å². The van der Waals surface area contributed by atoms with E-state index < -0.39 is 0 Å². The number of hydrogen-bond donors (Lipinski definition) is 1. The molecule has 6 heteroatoms. The zero-order valence-electron chi connectivity index (χ0n) is 15.0. The Morgan fingerprint density at radius 3 is 2.69 bits per heavy atom. The Hall–Kier alpha value is -1.95. The maximum atomic E-state index is 13.6. The second-order valence-electron chi connectivity index (χ2n) is 7.54. The third-order valence-electron chi connectivity index (χ3n) is 5.84. The van der Waals surface area contributed by atoms with Gasteiger partial charge in [0.15, 0.2) is 5.13 Å². The average molecular weight is 373 g/mol. The monoisotopic (exact) mass is 373 g/mol. The average Bonchev–Trinajstić information content (AvgIpc) is 3.15. The Kier molecular flexibility index (Phi) is 4.69. The van der Waals surface area contributed by atoms with E-state index in [4.69, 9.17) is 5.73 Å². The number of anilines is 1. The third kappa shape index (κ3) is 3.34. The molecule has 0 spiro atoms. The maximum absolute atomic E-state index is 13.6. The molecule has 1 aromatic carbocycles. The van der Waals surface area contributed by atoms with Crippen LogP contribution in [-0.2, 0) is 11.2 Å². The summed E-state index contributed by atoms with van der Waals surface area (Å²) in [5.41, 5.74) is 8.49. The van der Waals surface area contributed by atoms with Crippen molar-refractivity contribution in [1.82, 2.24) is 9.88 Å². The molecule has 4 rings (SSSR count). The zero-order chi connectivity index (χ0) is 18.3. The Balaban J connectivity index is 1.41. The summed E-state index contributed by atoms with van der Waals surface area (Å²) in [5, 5.41) is 2.49. The lowest BCUT2D eigenvalue weighted by Gasteiger charge is -2.39. The number of piperidine rings is 1. The van der Waals surface area contributed by atoms with Gasteiger partial charge in [-0.25, -0.2) is 9.37 Å². The highest BCUT2D eigenvalue weighted by atomic mass is 32.1. The molecule has 0 aliphatic carbocycles. The van der Waals surface area contributed by atoms with Crippen molar-refractivity contribution >= 4 is 22.4 Å². The molecule has 1 unspecified atom stereocenters. The summed E-state index contributed by atoms with van der Waals surface area (Å²) in [5.74, 6) is 0.513. The van der Waals surface area contributed by atoms with E-state index in [1.54, 1.807) is 6.07 Å². The number of carbonyl (C=O) groups excluding carboxylic acids is 1. The number of hydrogen-bond acceptors (Lipinski definition) is 4. The van der Waals surface area contributed by atoms with E-state index in [1.165, 1.54) is 16.9 Å². The predicted molar refractivity (Wildman–Crippen MR) is 102 cm³/mol. The van der Waals surface area contributed by atoms with Gasteiger partial charge in [-0.2, -0.15) is 0 Å². The van der Waals surface area contributed by atoms with Crippen molar-refractivity contribution in [1.29, 1.82) is 0 Å². The highest BCUT2D eigenvalue weighted by Crippen LogP contribution is 2.43. The number of aromatic nitrogens is 1. The van der Waals surface area contributed by atoms with E-state index in [0.29, 0.717) is 41.5 Å². The van der Waals surface area contributed by atoms with E-state index in [2.05, 4.69) is 9.88 Å². The van der Waals surface area contributed by atoms with Crippen molar-refractivity contribution in [3.63, 3.8) is 0 Å². The quantitative estimate of drug-likeness (QED) is 0.880. The molecule has 2 fully saturated rings. The van der Waals surface area contributed by atoms with Crippen molar-refractivity contribution in [3.8, 4) is 0 Å². The van der Waals surface area contributed by atoms with E-state index in [9.17, 15) is 9.18 Å². The van der Waals surface area contributed by atoms with Crippen molar-refractivity contribution in [2.24, 2.45) is 0 Å². The van der Waals surface area contributed by atoms with Gasteiger partial charge in [-0.1, -0.05) is 12.1 Å². The lowest BCUT2D eigenvalue weighted by Crippen LogP contribution is -2.46. The first-order valence-corrected chi connectivity index (χ1v) is 10.2. The number of fused-ring (bicyclic) bond motifs is 2. The molecule has 1 aromatic heterocycles. The van der Waals surface area contributed by atoms with Gasteiger partial charge < -0.3 is 10.6 Å². The van der Waals surface area contributed by atoms with Crippen molar-refractivity contribution in [2.75, 3.05) is 5.73 Å². The fourth-order valence-corrected chi connectivity index (χ4v) is 5.18. The molecule has 2 aliphatic rings. The van der Waals surface area contributed by atoms with Crippen LogP contribution in [0, 0.1) is 12.7 Å². The number of benzene rings is 1. The van der Waals surface area contributed by atoms with Gasteiger partial charge in [-0.15, -0.1) is 11.3 Å². The van der Waals surface area contributed by atoms with E-state index >= 15 is 0 Å². The molecule has 0 radical (unpaired) electrons. The molecule has 138 valence electrons. The molecule has 3 heterocycles. The van der Waals surface area contributed by atoms with Crippen LogP contribution in [0.15, 0.2) is 23.6 Å². The fraction of sp³-hybridized carbons (Fsp3) is 0.500. The first-order chi connectivity index (χ1) is 12.5. The number of nitrogen functional groups attached to an aromatic ring is 1. The number of nitrogens with two attached hydrogens (primary N) is 1. The van der Waals surface area contributed by atoms with Gasteiger partial charge >= 0.3 is 0 Å². The molecule has 26 heavy (non-hydrogen) atoms. The Morgan fingerprint density at radius 1 is 1.35 bits per heavy atom. The largest absolute Gasteiger partial charge is 0.375 e. The highest BCUT2D eigenvalue weighted by molar-refractivity contribution is 7.13. The summed E-state index contributed by atoms with van der Waals surface area (Å²) >= 11 is 1.42. The number of amides is 1. The standard InChI is InChI=1S/C20H24FN3OS/c1-12-8-13(2-6-18(12)21)14-9-16-4-5-17(10-14)24(16)19(25)7-3-15-11-26-20(22)23-15/h2,6,8,11,14,16-17H,3-5,7,9-10H2,1H3,(H2,22,23)/t14?,16-,17+. The summed E-state index contributed by atoms with van der Waals surface area (Å²) in [6.07, 6.45) is 5.28. The number of thiazole rings is 1. The third-order valence-corrected chi connectivity index (χ3v) is 6.56. The molecular weight excluding hydrogens is 349 g/mol. The van der Waals surface area contributed by atoms with Gasteiger partial charge in [0.2, 0.25) is 5.91 Å². The second kappa shape index (κ2) is 6.99. The highest BCUT2D eigenvalue weighted by Gasteiger charge is 2.43. The number of aryl methyl sites for hydroxylation is 2. The number of rotatable bonds is 4. The van der Waals surface area contributed by atoms with Gasteiger partial charge in [0.05, 0.1) is 5.69 Å². The molecule has 3 atom stereocenters. The SMILES string of the molecule is Cc1cc(C2C[C@H]3CC[C@@H](C2)N3C(=O)CCc2csc(N)n2)ccc1F. The lowest BCUT2D eigenvalue weighted by atomic mass is 9.84. The van der Waals surface area contributed by atoms with Crippen molar-refractivity contribution < 1.29 is 9.18 Å². The summed E-state index contributed by atoms with van der Waals surface area (Å²) in [4.78, 5) is 19.2. The van der Waals surface area contributed by atoms with Gasteiger partial charge in [-0.05, 0) is 62.1 Å². The van der Waals surface area contributed by atoms with Crippen LogP contribution in [-0.4, -0.2) is 27.9 Å². The van der Waals surface area contributed by atoms with Crippen LogP contribution in [0.5, 0.6) is 0 Å². The van der Waals surface area contributed by atoms with E-state index in [0.717, 1.165) is 31.4 Å². The number of carbonyl (C=O) groups is 1. The van der Waals surface area contributed by atoms with Crippen molar-refractivity contribution in [3.05, 3.63) is 46.2 Å². The van der Waals surface area contributed by atoms with Crippen LogP contribution >= 0.6 is 11.3 Å². The minimum Gasteiger partial charge on any atom is -0.375 e. The lowest BCUT2D eigenvalue weighted by molar-refractivity contribution is -0.135. The van der Waals surface area contributed by atoms with E-state index in [1.807, 2.05) is 24.4 Å². The Labute approximate surface area is 157 Å². The fourth-order valence-electron chi connectivity index (χ4n) is 4.58. The number of halogens is 1. The molecule has 1 amide bonds. The summed E-state index contributed by atoms with van der Waals surface area (Å²) in [6, 6.07) is 6.10. The molecule has 2 bridgehead atoms. The smallest absolute Gasteiger partial charge is 0.223 e. The van der Waals surface area contributed by atoms with Crippen LogP contribution in [0.25, 0.3) is 0 Å². The summed E-state index contributed by atoms with van der Waals surface area (Å²) in [6.45, 7) is 1.82. The minimum atomic E-state index is -0.146. The molecule has 0 saturated carbocycles. The van der Waals surface area contributed by atoms with Crippen LogP contribution in [0.4, 0.5) is 9.52 Å². The summed E-state index contributed by atoms with van der Waals surface area (Å²) in [7, 11) is 0. The van der Waals surface area contributed by atoms with Crippen LogP contribution in [0.3, 0.4) is 0 Å². The van der Waals surface area contributed by atoms with Gasteiger partial charge in [0.1, 0.15) is 5.82 Å². The maximum Gasteiger partial charge on any atom is 0.223 e. The van der Waals surface area contributed by atoms with Gasteiger partial charge in [-0.3, -0.25) is 4.79 Å². The summed E-state index contributed by atoms with van der Waals surface area (Å²) < 4.78 is 13.6. The minimum absolute atomic E-state index is 0.146. The topological polar surface area (TPSA) is 59.2 Å². The van der Waals surface area contributed by atoms with Gasteiger partial charge in [0, 0.05) is 23.9 Å². The molecule has 2 aromatic rings. The normalized spacial score (nSPS) is 24.8. The predicted octanol–water partition coefficient (Wildman–Crippen LogP) is 4.04. The second-order valence-corrected chi connectivity index (χ2v) is 8.43. The van der Waals surface area contributed by atoms with Crippen molar-refractivity contribution in [2.45, 2.75) is 63.5 Å². The molecule has 4 nitrogen and oxygen atoms in total. The Morgan fingerprint density at radius 2 is 2.08 bits per heavy atom. The Bertz CT molecular complexity index is 807. The van der Waals surface area contributed by atoms with Crippen LogP contribution in [0.1, 0.15) is 54.8 Å². The number of nitrogens with zero attached hydrogens (tertiary/aromatic N) is 2. The van der Waals surface area contributed by atoms with Crippen LogP contribution in [0.2, 0.25) is 0 Å².